The third kappa shape index (κ3) is 8.60. The number of fused-ring (bicyclic) bond motifs is 3. The first-order chi connectivity index (χ1) is 24.5. The Balaban J connectivity index is 0.00000271. The Hall–Kier alpha value is -3.09. The van der Waals surface area contributed by atoms with Gasteiger partial charge in [0.25, 0.3) is 0 Å². The number of hydrogen-bond acceptors (Lipinski definition) is 0. The molecule has 3 heteroatoms. The van der Waals surface area contributed by atoms with E-state index in [1.807, 2.05) is 3.21 Å². The van der Waals surface area contributed by atoms with Crippen molar-refractivity contribution in [2.45, 2.75) is 97.8 Å². The molecule has 0 nitrogen and oxygen atoms in total. The van der Waals surface area contributed by atoms with Gasteiger partial charge >= 0.3 is 317 Å². The van der Waals surface area contributed by atoms with Crippen LogP contribution in [0.2, 0.25) is 0 Å². The molecule has 0 fully saturated rings. The maximum atomic E-state index is 2.63. The Labute approximate surface area is 339 Å². The van der Waals surface area contributed by atoms with E-state index in [-0.39, 0.29) is 35.6 Å². The number of allylic oxidation sites excluding steroid dienone is 4. The van der Waals surface area contributed by atoms with E-state index in [0.717, 1.165) is 19.3 Å². The maximum Gasteiger partial charge on any atom is -1.00 e. The van der Waals surface area contributed by atoms with Crippen LogP contribution >= 0.6 is 0 Å². The Morgan fingerprint density at radius 2 is 1.25 bits per heavy atom. The van der Waals surface area contributed by atoms with Gasteiger partial charge in [-0.05, 0) is 0 Å². The first kappa shape index (κ1) is 41.1. The zero-order chi connectivity index (χ0) is 35.8. The smallest absolute Gasteiger partial charge is 1.00 e. The van der Waals surface area contributed by atoms with Crippen LogP contribution in [0.4, 0.5) is 0 Å². The molecule has 0 saturated carbocycles. The average molecular weight is 817 g/mol. The van der Waals surface area contributed by atoms with Crippen LogP contribution in [0.25, 0.3) is 33.4 Å². The van der Waals surface area contributed by atoms with Crippen LogP contribution in [0.15, 0.2) is 131 Å². The molecule has 0 spiro atoms. The predicted octanol–water partition coefficient (Wildman–Crippen LogP) is 6.89. The van der Waals surface area contributed by atoms with Crippen molar-refractivity contribution in [2.75, 3.05) is 0 Å². The Bertz CT molecular complexity index is 2140. The van der Waals surface area contributed by atoms with Crippen molar-refractivity contribution in [1.82, 2.24) is 0 Å². The van der Waals surface area contributed by atoms with E-state index in [1.165, 1.54) is 69.3 Å². The normalized spacial score (nSPS) is 13.4. The molecule has 0 saturated heterocycles. The second-order valence-electron chi connectivity index (χ2n) is 16.7. The van der Waals surface area contributed by atoms with Crippen molar-refractivity contribution in [3.63, 3.8) is 0 Å². The fourth-order valence-corrected chi connectivity index (χ4v) is 17.1. The topological polar surface area (TPSA) is 0 Å². The van der Waals surface area contributed by atoms with E-state index in [9.17, 15) is 0 Å². The zero-order valence-corrected chi connectivity index (χ0v) is 36.6. The minimum Gasteiger partial charge on any atom is -1.00 e. The first-order valence-electron chi connectivity index (χ1n) is 19.2. The third-order valence-corrected chi connectivity index (χ3v) is 18.7. The fourth-order valence-electron chi connectivity index (χ4n) is 8.36. The molecule has 0 radical (unpaired) electrons. The van der Waals surface area contributed by atoms with Crippen LogP contribution in [-0.4, -0.2) is 3.21 Å². The Morgan fingerprint density at radius 1 is 0.660 bits per heavy atom. The quantitative estimate of drug-likeness (QED) is 0.149. The number of benzene rings is 5. The van der Waals surface area contributed by atoms with Gasteiger partial charge in [-0.25, -0.2) is 0 Å². The molecule has 5 aromatic rings. The molecular weight excluding hydrogens is 763 g/mol. The standard InChI is InChI=1S/C33H33.C12H16.C5H5.2ClH.Zr/c1-32(2,3)30-20-26-24(18-28(30)22-13-9-7-10-14-22)17-25-19-29(23-15-11-8-12-16-23)31(21-27(25)26)33(4,5)6;1-2-3-4-6-9-12-10-7-5-8-11-12;1-2-4-5-3-1;;;/h7-16,18,20-21H,17H2,1-6H3;5,7-8,10-11H,2-4,9H2,1H3;1-3H,4H2;2*1H;/q;;;;;+2/p-2. The van der Waals surface area contributed by atoms with Gasteiger partial charge in [-0.3, -0.25) is 0 Å². The van der Waals surface area contributed by atoms with Crippen LogP contribution in [0.3, 0.4) is 0 Å². The van der Waals surface area contributed by atoms with Crippen LogP contribution in [0, 0.1) is 0 Å². The van der Waals surface area contributed by atoms with E-state index in [2.05, 4.69) is 176 Å². The second-order valence-corrected chi connectivity index (χ2v) is 23.1. The van der Waals surface area contributed by atoms with Crippen LogP contribution in [0.5, 0.6) is 0 Å². The van der Waals surface area contributed by atoms with E-state index >= 15 is 0 Å². The van der Waals surface area contributed by atoms with Gasteiger partial charge < -0.3 is 24.8 Å². The summed E-state index contributed by atoms with van der Waals surface area (Å²) in [6.07, 6.45) is 14.2. The van der Waals surface area contributed by atoms with Crippen LogP contribution < -0.4 is 28.1 Å². The molecule has 7 rings (SSSR count). The fraction of sp³-hybridized carbons (Fsp3) is 0.300. The third-order valence-electron chi connectivity index (χ3n) is 10.9. The Kier molecular flexibility index (Phi) is 13.3. The molecule has 2 aliphatic rings. The summed E-state index contributed by atoms with van der Waals surface area (Å²) in [5, 5.41) is 0. The van der Waals surface area contributed by atoms with Gasteiger partial charge in [-0.2, -0.15) is 0 Å². The van der Waals surface area contributed by atoms with Crippen LogP contribution in [-0.2, 0) is 44.9 Å². The maximum absolute atomic E-state index is 2.72. The molecule has 2 aliphatic carbocycles. The molecule has 0 amide bonds. The van der Waals surface area contributed by atoms with Gasteiger partial charge in [0.1, 0.15) is 0 Å². The monoisotopic (exact) mass is 814 g/mol. The van der Waals surface area contributed by atoms with Gasteiger partial charge in [0, 0.05) is 0 Å². The number of halogens is 2. The van der Waals surface area contributed by atoms with Crippen LogP contribution in [0.1, 0.15) is 102 Å². The summed E-state index contributed by atoms with van der Waals surface area (Å²) in [5.41, 5.74) is 16.1. The van der Waals surface area contributed by atoms with Crippen molar-refractivity contribution in [3.05, 3.63) is 159 Å². The summed E-state index contributed by atoms with van der Waals surface area (Å²) in [6.45, 7) is 16.8. The zero-order valence-electron chi connectivity index (χ0n) is 32.6. The van der Waals surface area contributed by atoms with E-state index in [4.69, 9.17) is 0 Å². The molecule has 0 aliphatic heterocycles. The summed E-state index contributed by atoms with van der Waals surface area (Å²) in [4.78, 5) is 0. The number of rotatable bonds is 9. The van der Waals surface area contributed by atoms with Gasteiger partial charge in [-0.1, -0.05) is 0 Å². The molecule has 0 atom stereocenters. The average Bonchev–Trinajstić information content (AvgIpc) is 3.78. The summed E-state index contributed by atoms with van der Waals surface area (Å²) in [6, 6.07) is 41.7. The largest absolute Gasteiger partial charge is 1.00 e. The van der Waals surface area contributed by atoms with E-state index < -0.39 is 21.3 Å². The first-order valence-corrected chi connectivity index (χ1v) is 22.8. The van der Waals surface area contributed by atoms with Gasteiger partial charge in [0.15, 0.2) is 0 Å². The molecule has 272 valence electrons. The molecular formula is C50H54Cl2Zr. The van der Waals surface area contributed by atoms with Crippen molar-refractivity contribution >= 4 is 6.48 Å². The summed E-state index contributed by atoms with van der Waals surface area (Å²) in [5.74, 6) is 0. The van der Waals surface area contributed by atoms with Gasteiger partial charge in [0.2, 0.25) is 0 Å². The van der Waals surface area contributed by atoms with Crippen molar-refractivity contribution in [1.29, 1.82) is 0 Å². The minimum atomic E-state index is -2.72. The summed E-state index contributed by atoms with van der Waals surface area (Å²) in [7, 11) is 0. The molecule has 0 heterocycles. The molecule has 0 bridgehead atoms. The summed E-state index contributed by atoms with van der Waals surface area (Å²) < 4.78 is 5.33. The SMILES string of the molecule is CCCC/[C](Cc1ccccc1)=[Zr+2](\[C]1=CC=CC1)[c]1c2c(cc(C(C)(C)C)c1-c1ccccc1)-c1cc(C(C)(C)C)c(-c3ccccc3)cc1C2.[Cl-].[Cl-]. The Morgan fingerprint density at radius 3 is 1.81 bits per heavy atom. The molecule has 5 aromatic carbocycles. The van der Waals surface area contributed by atoms with E-state index in [1.54, 1.807) is 17.7 Å². The van der Waals surface area contributed by atoms with Gasteiger partial charge in [0.05, 0.1) is 0 Å². The van der Waals surface area contributed by atoms with Crippen molar-refractivity contribution in [2.24, 2.45) is 0 Å². The van der Waals surface area contributed by atoms with Crippen molar-refractivity contribution < 1.29 is 46.1 Å². The molecule has 0 N–H and O–H groups in total. The predicted molar refractivity (Wildman–Crippen MR) is 219 cm³/mol. The number of unbranched alkanes of at least 4 members (excludes halogenated alkanes) is 1. The minimum absolute atomic E-state index is 0. The summed E-state index contributed by atoms with van der Waals surface area (Å²) >= 11 is -2.72. The number of hydrogen-bond donors (Lipinski definition) is 0. The van der Waals surface area contributed by atoms with Crippen molar-refractivity contribution in [3.8, 4) is 33.4 Å². The van der Waals surface area contributed by atoms with Gasteiger partial charge in [-0.15, -0.1) is 0 Å². The molecule has 0 unspecified atom stereocenters. The van der Waals surface area contributed by atoms with E-state index in [0.29, 0.717) is 0 Å². The molecule has 0 aromatic heterocycles. The molecule has 53 heavy (non-hydrogen) atoms. The second kappa shape index (κ2) is 17.2.